The maximum absolute atomic E-state index is 12.4. The second-order valence-electron chi connectivity index (χ2n) is 4.93. The summed E-state index contributed by atoms with van der Waals surface area (Å²) in [6.45, 7) is 0. The van der Waals surface area contributed by atoms with Crippen LogP contribution in [-0.4, -0.2) is 19.6 Å². The second kappa shape index (κ2) is 6.27. The first-order chi connectivity index (χ1) is 11.7. The van der Waals surface area contributed by atoms with Crippen LogP contribution in [0.4, 0.5) is 0 Å². The highest BCUT2D eigenvalue weighted by molar-refractivity contribution is 7.21. The van der Waals surface area contributed by atoms with Crippen molar-refractivity contribution in [3.05, 3.63) is 63.7 Å². The van der Waals surface area contributed by atoms with Gasteiger partial charge in [-0.25, -0.2) is 4.98 Å². The van der Waals surface area contributed by atoms with Gasteiger partial charge in [-0.15, -0.1) is 16.4 Å². The molecule has 0 spiro atoms. The maximum Gasteiger partial charge on any atom is 0.259 e. The molecule has 1 aromatic carbocycles. The summed E-state index contributed by atoms with van der Waals surface area (Å²) in [4.78, 5) is 21.2. The summed E-state index contributed by atoms with van der Waals surface area (Å²) in [5, 5.41) is 6.54. The molecular formula is C16H9ClN4OS2. The largest absolute Gasteiger partial charge is 0.305 e. The van der Waals surface area contributed by atoms with Crippen molar-refractivity contribution in [1.29, 1.82) is 0 Å². The van der Waals surface area contributed by atoms with E-state index in [4.69, 9.17) is 11.6 Å². The Morgan fingerprint density at radius 1 is 1.25 bits per heavy atom. The van der Waals surface area contributed by atoms with Crippen LogP contribution in [-0.2, 0) is 0 Å². The van der Waals surface area contributed by atoms with E-state index in [2.05, 4.69) is 19.6 Å². The fourth-order valence-electron chi connectivity index (χ4n) is 2.22. The Morgan fingerprint density at radius 3 is 2.83 bits per heavy atom. The lowest BCUT2D eigenvalue weighted by atomic mass is 10.2. The van der Waals surface area contributed by atoms with Gasteiger partial charge in [-0.3, -0.25) is 4.79 Å². The van der Waals surface area contributed by atoms with Gasteiger partial charge in [0.25, 0.3) is 5.56 Å². The number of hydrogen-bond acceptors (Lipinski definition) is 6. The quantitative estimate of drug-likeness (QED) is 0.583. The number of benzene rings is 1. The van der Waals surface area contributed by atoms with Gasteiger partial charge in [0.2, 0.25) is 0 Å². The molecule has 0 saturated heterocycles. The van der Waals surface area contributed by atoms with Crippen molar-refractivity contribution in [2.45, 2.75) is 0 Å². The summed E-state index contributed by atoms with van der Waals surface area (Å²) in [7, 11) is 0. The Bertz CT molecular complexity index is 1080. The molecule has 0 saturated carbocycles. The molecule has 0 amide bonds. The van der Waals surface area contributed by atoms with Gasteiger partial charge in [-0.2, -0.15) is 0 Å². The van der Waals surface area contributed by atoms with Gasteiger partial charge in [0.05, 0.1) is 16.1 Å². The molecule has 0 radical (unpaired) electrons. The van der Waals surface area contributed by atoms with E-state index in [1.54, 1.807) is 11.5 Å². The first kappa shape index (κ1) is 15.2. The van der Waals surface area contributed by atoms with Crippen molar-refractivity contribution in [2.75, 3.05) is 0 Å². The minimum Gasteiger partial charge on any atom is -0.305 e. The van der Waals surface area contributed by atoms with Gasteiger partial charge < -0.3 is 4.98 Å². The molecule has 3 aromatic heterocycles. The number of fused-ring (bicyclic) bond motifs is 1. The third kappa shape index (κ3) is 2.89. The van der Waals surface area contributed by atoms with Crippen LogP contribution >= 0.6 is 34.5 Å². The average molecular weight is 373 g/mol. The van der Waals surface area contributed by atoms with Crippen LogP contribution in [0, 0.1) is 0 Å². The molecule has 0 aliphatic heterocycles. The van der Waals surface area contributed by atoms with Crippen molar-refractivity contribution < 1.29 is 0 Å². The molecule has 3 heterocycles. The van der Waals surface area contributed by atoms with E-state index in [-0.39, 0.29) is 5.56 Å². The number of aromatic amines is 1. The summed E-state index contributed by atoms with van der Waals surface area (Å²) in [5.74, 6) is 0.323. The van der Waals surface area contributed by atoms with Crippen LogP contribution < -0.4 is 5.56 Å². The van der Waals surface area contributed by atoms with Gasteiger partial charge in [0, 0.05) is 10.3 Å². The number of halogens is 1. The first-order valence-corrected chi connectivity index (χ1v) is 8.98. The Balaban J connectivity index is 1.81. The highest BCUT2D eigenvalue weighted by Crippen LogP contribution is 2.31. The number of nitrogens with one attached hydrogen (secondary N) is 1. The second-order valence-corrected chi connectivity index (χ2v) is 6.98. The van der Waals surface area contributed by atoms with Crippen molar-refractivity contribution in [2.24, 2.45) is 0 Å². The van der Waals surface area contributed by atoms with E-state index in [0.29, 0.717) is 26.8 Å². The number of thiophene rings is 1. The number of H-pyrrole nitrogens is 1. The van der Waals surface area contributed by atoms with Crippen molar-refractivity contribution in [1.82, 2.24) is 19.6 Å². The maximum atomic E-state index is 12.4. The predicted octanol–water partition coefficient (Wildman–Crippen LogP) is 4.24. The lowest BCUT2D eigenvalue weighted by Crippen LogP contribution is -2.09. The molecule has 0 fully saturated rings. The molecule has 8 heteroatoms. The number of nitrogens with zero attached hydrogens (tertiary/aromatic N) is 3. The van der Waals surface area contributed by atoms with Crippen LogP contribution in [0.5, 0.6) is 0 Å². The SMILES string of the molecule is O=c1[nH]c(C(Cl)=Cc2csnn2)nc2sc(-c3ccccc3)cc12. The summed E-state index contributed by atoms with van der Waals surface area (Å²) >= 11 is 8.95. The van der Waals surface area contributed by atoms with Crippen LogP contribution in [0.25, 0.3) is 31.8 Å². The van der Waals surface area contributed by atoms with Gasteiger partial charge in [0.15, 0.2) is 5.82 Å². The van der Waals surface area contributed by atoms with Crippen LogP contribution in [0.3, 0.4) is 0 Å². The molecule has 24 heavy (non-hydrogen) atoms. The first-order valence-electron chi connectivity index (χ1n) is 6.94. The molecule has 0 aliphatic carbocycles. The lowest BCUT2D eigenvalue weighted by Gasteiger charge is -1.98. The van der Waals surface area contributed by atoms with E-state index in [1.165, 1.54) is 22.9 Å². The number of rotatable bonds is 3. The highest BCUT2D eigenvalue weighted by atomic mass is 35.5. The van der Waals surface area contributed by atoms with Crippen LogP contribution in [0.1, 0.15) is 11.5 Å². The molecule has 0 aliphatic rings. The Hall–Kier alpha value is -2.35. The molecule has 1 N–H and O–H groups in total. The summed E-state index contributed by atoms with van der Waals surface area (Å²) < 4.78 is 3.77. The van der Waals surface area contributed by atoms with Gasteiger partial charge in [0.1, 0.15) is 4.83 Å². The topological polar surface area (TPSA) is 71.5 Å². The summed E-state index contributed by atoms with van der Waals surface area (Å²) in [5.41, 5.74) is 1.47. The van der Waals surface area contributed by atoms with Gasteiger partial charge in [-0.1, -0.05) is 46.4 Å². The Labute approximate surface area is 149 Å². The minimum atomic E-state index is -0.212. The highest BCUT2D eigenvalue weighted by Gasteiger charge is 2.12. The van der Waals surface area contributed by atoms with E-state index in [1.807, 2.05) is 36.4 Å². The fourth-order valence-corrected chi connectivity index (χ4v) is 3.87. The van der Waals surface area contributed by atoms with Crippen molar-refractivity contribution in [3.63, 3.8) is 0 Å². The molecule has 4 aromatic rings. The number of hydrogen-bond donors (Lipinski definition) is 1. The summed E-state index contributed by atoms with van der Waals surface area (Å²) in [6, 6.07) is 11.7. The lowest BCUT2D eigenvalue weighted by molar-refractivity contribution is 1.13. The van der Waals surface area contributed by atoms with E-state index < -0.39 is 0 Å². The molecule has 118 valence electrons. The molecule has 4 rings (SSSR count). The van der Waals surface area contributed by atoms with E-state index >= 15 is 0 Å². The van der Waals surface area contributed by atoms with Crippen LogP contribution in [0.15, 0.2) is 46.6 Å². The zero-order chi connectivity index (χ0) is 16.5. The molecule has 0 unspecified atom stereocenters. The smallest absolute Gasteiger partial charge is 0.259 e. The third-order valence-electron chi connectivity index (χ3n) is 3.34. The minimum absolute atomic E-state index is 0.212. The van der Waals surface area contributed by atoms with Crippen LogP contribution in [0.2, 0.25) is 0 Å². The van der Waals surface area contributed by atoms with E-state index in [9.17, 15) is 4.79 Å². The van der Waals surface area contributed by atoms with Crippen molar-refractivity contribution >= 4 is 55.8 Å². The summed E-state index contributed by atoms with van der Waals surface area (Å²) in [6.07, 6.45) is 1.63. The third-order valence-corrected chi connectivity index (χ3v) is 5.23. The molecule has 0 atom stereocenters. The zero-order valence-electron chi connectivity index (χ0n) is 12.1. The Kier molecular flexibility index (Phi) is 3.97. The molecule has 5 nitrogen and oxygen atoms in total. The van der Waals surface area contributed by atoms with Crippen molar-refractivity contribution in [3.8, 4) is 10.4 Å². The predicted molar refractivity (Wildman–Crippen MR) is 99.3 cm³/mol. The fraction of sp³-hybridized carbons (Fsp3) is 0. The normalized spacial score (nSPS) is 12.0. The molecular weight excluding hydrogens is 364 g/mol. The number of aromatic nitrogens is 4. The van der Waals surface area contributed by atoms with Gasteiger partial charge >= 0.3 is 0 Å². The van der Waals surface area contributed by atoms with Gasteiger partial charge in [-0.05, 0) is 29.2 Å². The van der Waals surface area contributed by atoms with E-state index in [0.717, 1.165) is 10.4 Å². The average Bonchev–Trinajstić information content (AvgIpc) is 3.25. The zero-order valence-corrected chi connectivity index (χ0v) is 14.5. The molecule has 0 bridgehead atoms. The monoisotopic (exact) mass is 372 g/mol. The standard InChI is InChI=1S/C16H9ClN4OS2/c17-12(6-10-8-23-21-20-10)14-18-15(22)11-7-13(24-16(11)19-14)9-4-2-1-3-5-9/h1-8H,(H,18,19,22). The Morgan fingerprint density at radius 2 is 2.08 bits per heavy atom.